The first kappa shape index (κ1) is 11.3. The fourth-order valence-corrected chi connectivity index (χ4v) is 1.80. The highest BCUT2D eigenvalue weighted by atomic mass is 16.2. The topological polar surface area (TPSA) is 101 Å². The van der Waals surface area contributed by atoms with Crippen LogP contribution in [0.3, 0.4) is 0 Å². The van der Waals surface area contributed by atoms with E-state index >= 15 is 0 Å². The van der Waals surface area contributed by atoms with Crippen LogP contribution in [-0.4, -0.2) is 34.6 Å². The van der Waals surface area contributed by atoms with Crippen molar-refractivity contribution in [1.29, 1.82) is 0 Å². The summed E-state index contributed by atoms with van der Waals surface area (Å²) < 4.78 is 0. The Labute approximate surface area is 98.0 Å². The van der Waals surface area contributed by atoms with Crippen LogP contribution in [0, 0.1) is 0 Å². The highest BCUT2D eigenvalue weighted by Gasteiger charge is 2.33. The molecule has 7 nitrogen and oxygen atoms in total. The molecule has 1 fully saturated rings. The van der Waals surface area contributed by atoms with Gasteiger partial charge in [0.2, 0.25) is 11.8 Å². The molecule has 90 valence electrons. The lowest BCUT2D eigenvalue weighted by atomic mass is 10.1. The molecule has 2 rings (SSSR count). The quantitative estimate of drug-likeness (QED) is 0.657. The monoisotopic (exact) mass is 235 g/mol. The van der Waals surface area contributed by atoms with Crippen molar-refractivity contribution in [3.05, 3.63) is 12.1 Å². The van der Waals surface area contributed by atoms with E-state index in [4.69, 9.17) is 5.73 Å². The molecule has 1 aromatic heterocycles. The predicted molar refractivity (Wildman–Crippen MR) is 61.0 cm³/mol. The number of imide groups is 1. The lowest BCUT2D eigenvalue weighted by molar-refractivity contribution is -0.132. The van der Waals surface area contributed by atoms with Crippen LogP contribution in [0.5, 0.6) is 0 Å². The Morgan fingerprint density at radius 2 is 2.24 bits per heavy atom. The molecule has 0 aromatic carbocycles. The molecule has 0 spiro atoms. The van der Waals surface area contributed by atoms with E-state index in [1.54, 1.807) is 17.0 Å². The second-order valence-corrected chi connectivity index (χ2v) is 3.78. The van der Waals surface area contributed by atoms with Crippen LogP contribution in [0.4, 0.5) is 11.6 Å². The first-order chi connectivity index (χ1) is 8.11. The third-order valence-electron chi connectivity index (χ3n) is 2.61. The Bertz CT molecular complexity index is 445. The number of hydrogen-bond donors (Lipinski definition) is 2. The molecule has 17 heavy (non-hydrogen) atoms. The summed E-state index contributed by atoms with van der Waals surface area (Å²) in [6.07, 6.45) is 0.588. The molecule has 0 aliphatic carbocycles. The zero-order chi connectivity index (χ0) is 12.4. The van der Waals surface area contributed by atoms with Crippen LogP contribution in [0.15, 0.2) is 12.1 Å². The van der Waals surface area contributed by atoms with Gasteiger partial charge >= 0.3 is 0 Å². The van der Waals surface area contributed by atoms with Gasteiger partial charge in [-0.1, -0.05) is 6.92 Å². The number of nitrogens with zero attached hydrogens (tertiary/aromatic N) is 3. The summed E-state index contributed by atoms with van der Waals surface area (Å²) in [5.41, 5.74) is 5.44. The zero-order valence-electron chi connectivity index (χ0n) is 9.38. The van der Waals surface area contributed by atoms with Crippen molar-refractivity contribution in [2.24, 2.45) is 0 Å². The van der Waals surface area contributed by atoms with Gasteiger partial charge in [-0.2, -0.15) is 0 Å². The minimum atomic E-state index is -0.398. The van der Waals surface area contributed by atoms with Gasteiger partial charge in [0, 0.05) is 0 Å². The SMILES string of the molecule is CCC1C(=O)NC(=O)CN1c1ccc(N)nn1. The maximum atomic E-state index is 11.6. The van der Waals surface area contributed by atoms with Crippen molar-refractivity contribution in [2.75, 3.05) is 17.2 Å². The first-order valence-electron chi connectivity index (χ1n) is 5.31. The van der Waals surface area contributed by atoms with Gasteiger partial charge in [0.05, 0.1) is 6.54 Å². The van der Waals surface area contributed by atoms with Gasteiger partial charge in [0.1, 0.15) is 11.9 Å². The van der Waals surface area contributed by atoms with Crippen LogP contribution in [0.25, 0.3) is 0 Å². The van der Waals surface area contributed by atoms with Crippen LogP contribution in [0.1, 0.15) is 13.3 Å². The summed E-state index contributed by atoms with van der Waals surface area (Å²) in [5.74, 6) is 0.143. The third-order valence-corrected chi connectivity index (χ3v) is 2.61. The Morgan fingerprint density at radius 1 is 1.47 bits per heavy atom. The number of hydrogen-bond acceptors (Lipinski definition) is 6. The number of carbonyl (C=O) groups is 2. The number of carbonyl (C=O) groups excluding carboxylic acids is 2. The summed E-state index contributed by atoms with van der Waals surface area (Å²) in [7, 11) is 0. The predicted octanol–water partition coefficient (Wildman–Crippen LogP) is -0.700. The summed E-state index contributed by atoms with van der Waals surface area (Å²) in [6, 6.07) is 2.84. The molecule has 1 saturated heterocycles. The Balaban J connectivity index is 2.30. The number of rotatable bonds is 2. The zero-order valence-corrected chi connectivity index (χ0v) is 9.38. The Kier molecular flexibility index (Phi) is 2.90. The molecule has 0 bridgehead atoms. The summed E-state index contributed by atoms with van der Waals surface area (Å²) in [6.45, 7) is 1.97. The molecular formula is C10H13N5O2. The largest absolute Gasteiger partial charge is 0.382 e. The molecule has 1 aliphatic heterocycles. The van der Waals surface area contributed by atoms with E-state index in [2.05, 4.69) is 15.5 Å². The third kappa shape index (κ3) is 2.17. The molecule has 3 N–H and O–H groups in total. The average molecular weight is 235 g/mol. The van der Waals surface area contributed by atoms with Crippen molar-refractivity contribution in [2.45, 2.75) is 19.4 Å². The minimum Gasteiger partial charge on any atom is -0.382 e. The maximum Gasteiger partial charge on any atom is 0.249 e. The van der Waals surface area contributed by atoms with Gasteiger partial charge < -0.3 is 10.6 Å². The lowest BCUT2D eigenvalue weighted by Gasteiger charge is -2.33. The van der Waals surface area contributed by atoms with E-state index < -0.39 is 6.04 Å². The summed E-state index contributed by atoms with van der Waals surface area (Å²) in [5, 5.41) is 9.90. The van der Waals surface area contributed by atoms with Gasteiger partial charge in [0.15, 0.2) is 5.82 Å². The summed E-state index contributed by atoms with van der Waals surface area (Å²) >= 11 is 0. The van der Waals surface area contributed by atoms with Gasteiger partial charge in [0.25, 0.3) is 0 Å². The molecular weight excluding hydrogens is 222 g/mol. The fraction of sp³-hybridized carbons (Fsp3) is 0.400. The van der Waals surface area contributed by atoms with Crippen LogP contribution in [-0.2, 0) is 9.59 Å². The van der Waals surface area contributed by atoms with Gasteiger partial charge in [-0.25, -0.2) is 0 Å². The van der Waals surface area contributed by atoms with E-state index in [1.807, 2.05) is 6.92 Å². The molecule has 1 aliphatic rings. The Morgan fingerprint density at radius 3 is 2.82 bits per heavy atom. The molecule has 1 unspecified atom stereocenters. The molecule has 2 heterocycles. The van der Waals surface area contributed by atoms with Crippen LogP contribution < -0.4 is 16.0 Å². The van der Waals surface area contributed by atoms with Crippen molar-refractivity contribution in [3.8, 4) is 0 Å². The van der Waals surface area contributed by atoms with Crippen molar-refractivity contribution in [1.82, 2.24) is 15.5 Å². The molecule has 0 saturated carbocycles. The number of nitrogens with two attached hydrogens (primary N) is 1. The number of nitrogens with one attached hydrogen (secondary N) is 1. The van der Waals surface area contributed by atoms with Crippen LogP contribution in [0.2, 0.25) is 0 Å². The number of anilines is 2. The normalized spacial score (nSPS) is 20.3. The van der Waals surface area contributed by atoms with Crippen molar-refractivity contribution < 1.29 is 9.59 Å². The van der Waals surface area contributed by atoms with E-state index in [9.17, 15) is 9.59 Å². The maximum absolute atomic E-state index is 11.6. The van der Waals surface area contributed by atoms with Gasteiger partial charge in [-0.05, 0) is 18.6 Å². The second-order valence-electron chi connectivity index (χ2n) is 3.78. The van der Waals surface area contributed by atoms with Crippen LogP contribution >= 0.6 is 0 Å². The number of amides is 2. The van der Waals surface area contributed by atoms with E-state index in [1.165, 1.54) is 0 Å². The minimum absolute atomic E-state index is 0.100. The number of piperazine rings is 1. The van der Waals surface area contributed by atoms with E-state index in [0.717, 1.165) is 0 Å². The van der Waals surface area contributed by atoms with E-state index in [0.29, 0.717) is 18.1 Å². The average Bonchev–Trinajstić information content (AvgIpc) is 2.29. The van der Waals surface area contributed by atoms with E-state index in [-0.39, 0.29) is 18.4 Å². The fourth-order valence-electron chi connectivity index (χ4n) is 1.80. The van der Waals surface area contributed by atoms with Gasteiger partial charge in [-0.15, -0.1) is 10.2 Å². The second kappa shape index (κ2) is 4.36. The smallest absolute Gasteiger partial charge is 0.249 e. The molecule has 1 atom stereocenters. The van der Waals surface area contributed by atoms with Crippen molar-refractivity contribution in [3.63, 3.8) is 0 Å². The highest BCUT2D eigenvalue weighted by molar-refractivity contribution is 6.04. The Hall–Kier alpha value is -2.18. The summed E-state index contributed by atoms with van der Waals surface area (Å²) in [4.78, 5) is 24.6. The molecule has 0 radical (unpaired) electrons. The van der Waals surface area contributed by atoms with Gasteiger partial charge in [-0.3, -0.25) is 14.9 Å². The first-order valence-corrected chi connectivity index (χ1v) is 5.31. The lowest BCUT2D eigenvalue weighted by Crippen LogP contribution is -2.58. The molecule has 2 amide bonds. The number of aromatic nitrogens is 2. The molecule has 1 aromatic rings. The molecule has 7 heteroatoms. The number of nitrogen functional groups attached to an aromatic ring is 1. The standard InChI is InChI=1S/C10H13N5O2/c1-2-6-10(17)12-9(16)5-15(6)8-4-3-7(11)13-14-8/h3-4,6H,2,5H2,1H3,(H2,11,13)(H,12,16,17). The van der Waals surface area contributed by atoms with Crippen molar-refractivity contribution >= 4 is 23.5 Å². The highest BCUT2D eigenvalue weighted by Crippen LogP contribution is 2.18.